The summed E-state index contributed by atoms with van der Waals surface area (Å²) in [5.74, 6) is 1.13. The highest BCUT2D eigenvalue weighted by atomic mass is 32.2. The molecule has 0 saturated carbocycles. The molecule has 1 unspecified atom stereocenters. The van der Waals surface area contributed by atoms with Gasteiger partial charge in [0.05, 0.1) is 24.2 Å². The average molecular weight is 400 g/mol. The molecule has 7 heteroatoms. The van der Waals surface area contributed by atoms with E-state index >= 15 is 0 Å². The summed E-state index contributed by atoms with van der Waals surface area (Å²) < 4.78 is 0. The monoisotopic (exact) mass is 399 g/mol. The highest BCUT2D eigenvalue weighted by Gasteiger charge is 2.41. The van der Waals surface area contributed by atoms with E-state index in [1.54, 1.807) is 16.7 Å². The number of hydrogen-bond acceptors (Lipinski definition) is 6. The van der Waals surface area contributed by atoms with Crippen molar-refractivity contribution in [3.05, 3.63) is 41.0 Å². The Morgan fingerprint density at radius 3 is 3.04 bits per heavy atom. The minimum Gasteiger partial charge on any atom is -0.411 e. The fraction of sp³-hybridized carbons (Fsp3) is 0.476. The third kappa shape index (κ3) is 3.86. The molecule has 2 N–H and O–H groups in total. The Kier molecular flexibility index (Phi) is 5.82. The molecule has 1 amide bonds. The lowest BCUT2D eigenvalue weighted by Crippen LogP contribution is -2.50. The molecule has 0 spiro atoms. The number of oxime groups is 1. The molecular weight excluding hydrogens is 374 g/mol. The number of ketones is 1. The first-order valence-electron chi connectivity index (χ1n) is 9.76. The summed E-state index contributed by atoms with van der Waals surface area (Å²) >= 11 is 1.63. The van der Waals surface area contributed by atoms with E-state index in [9.17, 15) is 9.59 Å². The first-order valence-corrected chi connectivity index (χ1v) is 10.9. The largest absolute Gasteiger partial charge is 0.411 e. The molecule has 2 heterocycles. The van der Waals surface area contributed by atoms with E-state index in [0.29, 0.717) is 25.3 Å². The lowest BCUT2D eigenvalue weighted by molar-refractivity contribution is -0.136. The van der Waals surface area contributed by atoms with Gasteiger partial charge in [-0.1, -0.05) is 41.1 Å². The van der Waals surface area contributed by atoms with Crippen molar-refractivity contribution in [3.8, 4) is 0 Å². The number of fused-ring (bicyclic) bond motifs is 1. The Bertz CT molecular complexity index is 823. The fourth-order valence-corrected chi connectivity index (χ4v) is 5.48. The van der Waals surface area contributed by atoms with Crippen LogP contribution in [0.2, 0.25) is 0 Å². The number of carbonyl (C=O) groups is 2. The van der Waals surface area contributed by atoms with Gasteiger partial charge in [-0.2, -0.15) is 0 Å². The van der Waals surface area contributed by atoms with E-state index in [1.165, 1.54) is 22.9 Å². The van der Waals surface area contributed by atoms with Crippen molar-refractivity contribution in [3.63, 3.8) is 0 Å². The molecule has 3 aliphatic rings. The number of Topliss-reactive ketones (excluding diaryl/α,β-unsaturated/α-hetero) is 1. The Morgan fingerprint density at radius 2 is 2.21 bits per heavy atom. The highest BCUT2D eigenvalue weighted by molar-refractivity contribution is 7.99. The summed E-state index contributed by atoms with van der Waals surface area (Å²) in [4.78, 5) is 27.6. The first-order chi connectivity index (χ1) is 13.7. The Balaban J connectivity index is 1.36. The van der Waals surface area contributed by atoms with Crippen LogP contribution in [-0.4, -0.2) is 58.3 Å². The predicted molar refractivity (Wildman–Crippen MR) is 110 cm³/mol. The third-order valence-electron chi connectivity index (χ3n) is 5.87. The molecule has 28 heavy (non-hydrogen) atoms. The molecule has 0 aromatic heterocycles. The van der Waals surface area contributed by atoms with Crippen LogP contribution in [0.25, 0.3) is 6.08 Å². The van der Waals surface area contributed by atoms with E-state index in [2.05, 4.69) is 28.7 Å². The van der Waals surface area contributed by atoms with E-state index in [0.717, 1.165) is 18.6 Å². The Hall–Kier alpha value is -2.12. The number of rotatable bonds is 6. The molecule has 148 valence electrons. The minimum absolute atomic E-state index is 0.0572. The number of amides is 1. The first kappa shape index (κ1) is 19.2. The van der Waals surface area contributed by atoms with Crippen molar-refractivity contribution in [2.75, 3.05) is 18.2 Å². The zero-order valence-electron chi connectivity index (χ0n) is 15.7. The number of allylic oxidation sites excluding steroid dienone is 1. The molecular formula is C21H25N3O3S. The fourth-order valence-electron chi connectivity index (χ4n) is 4.35. The lowest BCUT2D eigenvalue weighted by Gasteiger charge is -2.26. The van der Waals surface area contributed by atoms with Gasteiger partial charge in [-0.05, 0) is 36.9 Å². The van der Waals surface area contributed by atoms with Crippen LogP contribution in [-0.2, 0) is 16.0 Å². The number of nitrogens with zero attached hydrogens (tertiary/aromatic N) is 2. The SMILES string of the molecule is O=C(CCC1=Cc2ccccc2C1)C1CCN[C@H]1C(=O)N1CSC[C@H]1C=NO. The Morgan fingerprint density at radius 1 is 1.36 bits per heavy atom. The zero-order chi connectivity index (χ0) is 19.5. The second-order valence-corrected chi connectivity index (χ2v) is 8.61. The maximum Gasteiger partial charge on any atom is 0.241 e. The van der Waals surface area contributed by atoms with Crippen LogP contribution in [0.5, 0.6) is 0 Å². The molecule has 2 saturated heterocycles. The van der Waals surface area contributed by atoms with Crippen molar-refractivity contribution in [2.24, 2.45) is 11.1 Å². The van der Waals surface area contributed by atoms with Crippen molar-refractivity contribution >= 4 is 35.7 Å². The number of hydrogen-bond donors (Lipinski definition) is 2. The molecule has 4 rings (SSSR count). The molecule has 3 atom stereocenters. The second-order valence-electron chi connectivity index (χ2n) is 7.61. The van der Waals surface area contributed by atoms with Gasteiger partial charge in [0.25, 0.3) is 0 Å². The van der Waals surface area contributed by atoms with Gasteiger partial charge in [0.1, 0.15) is 5.78 Å². The highest BCUT2D eigenvalue weighted by Crippen LogP contribution is 2.30. The summed E-state index contributed by atoms with van der Waals surface area (Å²) in [6, 6.07) is 7.66. The molecule has 0 bridgehead atoms. The van der Waals surface area contributed by atoms with Crippen LogP contribution in [0.15, 0.2) is 35.0 Å². The molecule has 1 aliphatic carbocycles. The molecule has 0 radical (unpaired) electrons. The summed E-state index contributed by atoms with van der Waals surface area (Å²) in [5.41, 5.74) is 3.87. The van der Waals surface area contributed by atoms with Crippen molar-refractivity contribution in [2.45, 2.75) is 37.8 Å². The van der Waals surface area contributed by atoms with Gasteiger partial charge in [0.15, 0.2) is 0 Å². The van der Waals surface area contributed by atoms with E-state index < -0.39 is 6.04 Å². The predicted octanol–water partition coefficient (Wildman–Crippen LogP) is 2.31. The number of thioether (sulfide) groups is 1. The normalized spacial score (nSPS) is 26.6. The molecule has 1 aromatic rings. The van der Waals surface area contributed by atoms with Crippen LogP contribution in [0.3, 0.4) is 0 Å². The molecule has 6 nitrogen and oxygen atoms in total. The van der Waals surface area contributed by atoms with Crippen LogP contribution < -0.4 is 5.32 Å². The van der Waals surface area contributed by atoms with Crippen LogP contribution in [0.4, 0.5) is 0 Å². The minimum atomic E-state index is -0.462. The smallest absolute Gasteiger partial charge is 0.241 e. The van der Waals surface area contributed by atoms with Crippen molar-refractivity contribution in [1.82, 2.24) is 10.2 Å². The summed E-state index contributed by atoms with van der Waals surface area (Å²) in [6.07, 6.45) is 6.44. The number of nitrogens with one attached hydrogen (secondary N) is 1. The number of carbonyl (C=O) groups excluding carboxylic acids is 2. The quantitative estimate of drug-likeness (QED) is 0.436. The second kappa shape index (κ2) is 8.49. The maximum atomic E-state index is 13.0. The topological polar surface area (TPSA) is 82.0 Å². The molecule has 2 fully saturated rings. The third-order valence-corrected chi connectivity index (χ3v) is 6.91. The van der Waals surface area contributed by atoms with Crippen molar-refractivity contribution < 1.29 is 14.8 Å². The maximum absolute atomic E-state index is 13.0. The zero-order valence-corrected chi connectivity index (χ0v) is 16.5. The summed E-state index contributed by atoms with van der Waals surface area (Å²) in [7, 11) is 0. The van der Waals surface area contributed by atoms with Gasteiger partial charge in [-0.3, -0.25) is 9.59 Å². The number of benzene rings is 1. The summed E-state index contributed by atoms with van der Waals surface area (Å²) in [5, 5.41) is 15.1. The van der Waals surface area contributed by atoms with Gasteiger partial charge in [0, 0.05) is 18.1 Å². The van der Waals surface area contributed by atoms with Gasteiger partial charge in [-0.15, -0.1) is 11.8 Å². The van der Waals surface area contributed by atoms with Crippen LogP contribution in [0, 0.1) is 5.92 Å². The van der Waals surface area contributed by atoms with E-state index in [4.69, 9.17) is 5.21 Å². The van der Waals surface area contributed by atoms with E-state index in [-0.39, 0.29) is 23.7 Å². The van der Waals surface area contributed by atoms with Crippen LogP contribution >= 0.6 is 11.8 Å². The molecule has 1 aromatic carbocycles. The van der Waals surface area contributed by atoms with E-state index in [1.807, 2.05) is 12.1 Å². The molecule has 2 aliphatic heterocycles. The van der Waals surface area contributed by atoms with Crippen molar-refractivity contribution in [1.29, 1.82) is 0 Å². The van der Waals surface area contributed by atoms with Gasteiger partial charge < -0.3 is 15.4 Å². The summed E-state index contributed by atoms with van der Waals surface area (Å²) in [6.45, 7) is 0.681. The van der Waals surface area contributed by atoms with Gasteiger partial charge in [-0.25, -0.2) is 0 Å². The Labute approximate surface area is 169 Å². The van der Waals surface area contributed by atoms with Gasteiger partial charge >= 0.3 is 0 Å². The van der Waals surface area contributed by atoms with Crippen LogP contribution in [0.1, 0.15) is 30.4 Å². The average Bonchev–Trinajstić information content (AvgIpc) is 3.44. The standard InChI is InChI=1S/C21H25N3O3S/c25-19(6-5-14-9-15-3-1-2-4-16(15)10-14)18-7-8-22-20(18)21(26)24-13-28-12-17(24)11-23-27/h1-4,9,11,17-18,20,22,27H,5-8,10,12-13H2/t17-,18?,20-/m1/s1. The van der Waals surface area contributed by atoms with Gasteiger partial charge in [0.2, 0.25) is 5.91 Å². The lowest BCUT2D eigenvalue weighted by atomic mass is 9.90.